The van der Waals surface area contributed by atoms with Crippen molar-refractivity contribution in [3.63, 3.8) is 0 Å². The zero-order chi connectivity index (χ0) is 9.94. The standard InChI is InChI=1S/C9H17ClN2O/c1-2-6-12-9(13)4-8-11-7-3-5-10/h3,5,11H,2,4,6-8H2,1H3,(H,12,13)/b5-3+. The highest BCUT2D eigenvalue weighted by atomic mass is 35.5. The van der Waals surface area contributed by atoms with Crippen molar-refractivity contribution in [1.29, 1.82) is 0 Å². The molecule has 13 heavy (non-hydrogen) atoms. The van der Waals surface area contributed by atoms with Gasteiger partial charge < -0.3 is 10.6 Å². The zero-order valence-electron chi connectivity index (χ0n) is 7.98. The molecule has 0 bridgehead atoms. The number of rotatable bonds is 7. The monoisotopic (exact) mass is 204 g/mol. The Bertz CT molecular complexity index is 160. The smallest absolute Gasteiger partial charge is 0.221 e. The van der Waals surface area contributed by atoms with Crippen LogP contribution in [-0.4, -0.2) is 25.5 Å². The Morgan fingerprint density at radius 1 is 1.46 bits per heavy atom. The summed E-state index contributed by atoms with van der Waals surface area (Å²) in [6, 6.07) is 0. The van der Waals surface area contributed by atoms with Gasteiger partial charge in [0.1, 0.15) is 0 Å². The second-order valence-corrected chi connectivity index (χ2v) is 2.92. The zero-order valence-corrected chi connectivity index (χ0v) is 8.73. The topological polar surface area (TPSA) is 41.1 Å². The lowest BCUT2D eigenvalue weighted by Crippen LogP contribution is -2.28. The Kier molecular flexibility index (Phi) is 9.15. The molecule has 0 aliphatic rings. The summed E-state index contributed by atoms with van der Waals surface area (Å²) in [5.41, 5.74) is 1.46. The van der Waals surface area contributed by atoms with Crippen molar-refractivity contribution in [3.8, 4) is 0 Å². The second kappa shape index (κ2) is 9.55. The number of hydrogen-bond donors (Lipinski definition) is 2. The molecule has 4 heteroatoms. The van der Waals surface area contributed by atoms with Gasteiger partial charge >= 0.3 is 0 Å². The summed E-state index contributed by atoms with van der Waals surface area (Å²) in [6.45, 7) is 4.20. The van der Waals surface area contributed by atoms with E-state index in [4.69, 9.17) is 11.6 Å². The van der Waals surface area contributed by atoms with Gasteiger partial charge in [-0.25, -0.2) is 0 Å². The maximum atomic E-state index is 11.0. The van der Waals surface area contributed by atoms with Gasteiger partial charge in [0.2, 0.25) is 5.91 Å². The van der Waals surface area contributed by atoms with Crippen molar-refractivity contribution >= 4 is 17.5 Å². The maximum Gasteiger partial charge on any atom is 0.221 e. The van der Waals surface area contributed by atoms with E-state index >= 15 is 0 Å². The van der Waals surface area contributed by atoms with E-state index < -0.39 is 0 Å². The van der Waals surface area contributed by atoms with Gasteiger partial charge in [-0.3, -0.25) is 4.79 Å². The molecule has 0 aliphatic heterocycles. The SMILES string of the molecule is CCCNC(=O)CCNC/C=C/Cl. The Morgan fingerprint density at radius 3 is 2.85 bits per heavy atom. The highest BCUT2D eigenvalue weighted by Gasteiger charge is 1.97. The molecule has 0 saturated carbocycles. The number of carbonyl (C=O) groups is 1. The molecule has 0 aromatic rings. The van der Waals surface area contributed by atoms with Crippen LogP contribution >= 0.6 is 11.6 Å². The fourth-order valence-electron chi connectivity index (χ4n) is 0.785. The third-order valence-electron chi connectivity index (χ3n) is 1.45. The van der Waals surface area contributed by atoms with Crippen LogP contribution < -0.4 is 10.6 Å². The van der Waals surface area contributed by atoms with E-state index in [1.54, 1.807) is 6.08 Å². The molecular weight excluding hydrogens is 188 g/mol. The quantitative estimate of drug-likeness (QED) is 0.613. The molecule has 0 aromatic carbocycles. The van der Waals surface area contributed by atoms with Gasteiger partial charge in [0.05, 0.1) is 0 Å². The molecule has 0 spiro atoms. The lowest BCUT2D eigenvalue weighted by Gasteiger charge is -2.03. The third-order valence-corrected chi connectivity index (χ3v) is 1.63. The van der Waals surface area contributed by atoms with E-state index in [-0.39, 0.29) is 5.91 Å². The number of hydrogen-bond acceptors (Lipinski definition) is 2. The van der Waals surface area contributed by atoms with E-state index in [1.165, 1.54) is 5.54 Å². The summed E-state index contributed by atoms with van der Waals surface area (Å²) in [6.07, 6.45) is 3.30. The molecule has 0 radical (unpaired) electrons. The van der Waals surface area contributed by atoms with Crippen LogP contribution in [0, 0.1) is 0 Å². The Labute approximate surface area is 84.5 Å². The molecule has 0 rings (SSSR count). The number of amides is 1. The molecule has 0 atom stereocenters. The van der Waals surface area contributed by atoms with Gasteiger partial charge in [-0.05, 0) is 6.42 Å². The predicted molar refractivity (Wildman–Crippen MR) is 55.8 cm³/mol. The van der Waals surface area contributed by atoms with Crippen molar-refractivity contribution in [2.45, 2.75) is 19.8 Å². The summed E-state index contributed by atoms with van der Waals surface area (Å²) < 4.78 is 0. The van der Waals surface area contributed by atoms with Crippen molar-refractivity contribution in [2.24, 2.45) is 0 Å². The van der Waals surface area contributed by atoms with Crippen molar-refractivity contribution < 1.29 is 4.79 Å². The fourth-order valence-corrected chi connectivity index (χ4v) is 0.874. The Hall–Kier alpha value is -0.540. The average molecular weight is 205 g/mol. The van der Waals surface area contributed by atoms with E-state index in [9.17, 15) is 4.79 Å². The molecule has 3 nitrogen and oxygen atoms in total. The summed E-state index contributed by atoms with van der Waals surface area (Å²) in [5.74, 6) is 0.101. The van der Waals surface area contributed by atoms with Crippen molar-refractivity contribution in [2.75, 3.05) is 19.6 Å². The lowest BCUT2D eigenvalue weighted by atomic mass is 10.3. The summed E-state index contributed by atoms with van der Waals surface area (Å²) in [7, 11) is 0. The van der Waals surface area contributed by atoms with Crippen LogP contribution in [0.4, 0.5) is 0 Å². The van der Waals surface area contributed by atoms with E-state index in [2.05, 4.69) is 10.6 Å². The summed E-state index contributed by atoms with van der Waals surface area (Å²) in [4.78, 5) is 11.0. The first-order chi connectivity index (χ1) is 6.31. The molecule has 0 fully saturated rings. The Morgan fingerprint density at radius 2 is 2.23 bits per heavy atom. The highest BCUT2D eigenvalue weighted by Crippen LogP contribution is 1.80. The average Bonchev–Trinajstić information content (AvgIpc) is 2.14. The molecular formula is C9H17ClN2O. The predicted octanol–water partition coefficient (Wildman–Crippen LogP) is 1.24. The van der Waals surface area contributed by atoms with E-state index in [0.717, 1.165) is 13.0 Å². The van der Waals surface area contributed by atoms with E-state index in [1.807, 2.05) is 6.92 Å². The molecule has 0 heterocycles. The number of carbonyl (C=O) groups excluding carboxylic acids is 1. The van der Waals surface area contributed by atoms with Crippen molar-refractivity contribution in [1.82, 2.24) is 10.6 Å². The number of nitrogens with one attached hydrogen (secondary N) is 2. The maximum absolute atomic E-state index is 11.0. The van der Waals surface area contributed by atoms with Crippen LogP contribution in [-0.2, 0) is 4.79 Å². The summed E-state index contributed by atoms with van der Waals surface area (Å²) in [5, 5.41) is 5.86. The van der Waals surface area contributed by atoms with Crippen LogP contribution in [0.3, 0.4) is 0 Å². The van der Waals surface area contributed by atoms with Gasteiger partial charge in [-0.2, -0.15) is 0 Å². The molecule has 0 unspecified atom stereocenters. The van der Waals surface area contributed by atoms with Gasteiger partial charge in [-0.15, -0.1) is 0 Å². The first-order valence-corrected chi connectivity index (χ1v) is 4.97. The molecule has 2 N–H and O–H groups in total. The minimum Gasteiger partial charge on any atom is -0.356 e. The molecule has 0 saturated heterocycles. The first-order valence-electron chi connectivity index (χ1n) is 4.54. The third kappa shape index (κ3) is 9.37. The second-order valence-electron chi connectivity index (χ2n) is 2.67. The van der Waals surface area contributed by atoms with Gasteiger partial charge in [0.25, 0.3) is 0 Å². The van der Waals surface area contributed by atoms with Gasteiger partial charge in [-0.1, -0.05) is 24.6 Å². The van der Waals surface area contributed by atoms with Crippen LogP contribution in [0.2, 0.25) is 0 Å². The van der Waals surface area contributed by atoms with Crippen LogP contribution in [0.25, 0.3) is 0 Å². The normalized spacial score (nSPS) is 10.6. The van der Waals surface area contributed by atoms with Crippen LogP contribution in [0.5, 0.6) is 0 Å². The summed E-state index contributed by atoms with van der Waals surface area (Å²) >= 11 is 5.31. The van der Waals surface area contributed by atoms with Crippen LogP contribution in [0.15, 0.2) is 11.6 Å². The highest BCUT2D eigenvalue weighted by molar-refractivity contribution is 6.25. The van der Waals surface area contributed by atoms with Gasteiger partial charge in [0, 0.05) is 31.6 Å². The van der Waals surface area contributed by atoms with Crippen LogP contribution in [0.1, 0.15) is 19.8 Å². The van der Waals surface area contributed by atoms with Gasteiger partial charge in [0.15, 0.2) is 0 Å². The molecule has 0 aromatic heterocycles. The van der Waals surface area contributed by atoms with Crippen molar-refractivity contribution in [3.05, 3.63) is 11.6 Å². The minimum atomic E-state index is 0.101. The fraction of sp³-hybridized carbons (Fsp3) is 0.667. The first kappa shape index (κ1) is 12.5. The number of halogens is 1. The largest absolute Gasteiger partial charge is 0.356 e. The molecule has 1 amide bonds. The van der Waals surface area contributed by atoms with E-state index in [0.29, 0.717) is 19.5 Å². The lowest BCUT2D eigenvalue weighted by molar-refractivity contribution is -0.120. The molecule has 76 valence electrons. The minimum absolute atomic E-state index is 0.101. The molecule has 0 aliphatic carbocycles. The Balaban J connectivity index is 3.17.